The first-order chi connectivity index (χ1) is 8.75. The number of carbonyl (C=O) groups is 2. The highest BCUT2D eigenvalue weighted by Gasteiger charge is 2.32. The van der Waals surface area contributed by atoms with E-state index in [1.807, 2.05) is 0 Å². The minimum atomic E-state index is -4.49. The number of rotatable bonds is 1. The van der Waals surface area contributed by atoms with E-state index >= 15 is 0 Å². The fraction of sp³-hybridized carbons (Fsp3) is 0.273. The quantitative estimate of drug-likeness (QED) is 0.797. The molecule has 0 saturated carbocycles. The molecular formula is C11H8BrF3N2O2. The van der Waals surface area contributed by atoms with Crippen molar-refractivity contribution in [2.45, 2.75) is 6.18 Å². The van der Waals surface area contributed by atoms with Gasteiger partial charge in [0.1, 0.15) is 0 Å². The molecule has 19 heavy (non-hydrogen) atoms. The molecule has 1 aliphatic heterocycles. The average Bonchev–Trinajstić information content (AvgIpc) is 2.25. The van der Waals surface area contributed by atoms with Gasteiger partial charge in [0, 0.05) is 10.2 Å². The zero-order chi connectivity index (χ0) is 14.2. The number of hydrogen-bond acceptors (Lipinski definition) is 3. The van der Waals surface area contributed by atoms with Crippen LogP contribution in [0, 0.1) is 0 Å². The van der Waals surface area contributed by atoms with Gasteiger partial charge in [0.25, 0.3) is 0 Å². The Morgan fingerprint density at radius 1 is 1.11 bits per heavy atom. The van der Waals surface area contributed by atoms with E-state index in [9.17, 15) is 22.8 Å². The number of nitrogens with zero attached hydrogens (tertiary/aromatic N) is 1. The van der Waals surface area contributed by atoms with Crippen molar-refractivity contribution in [1.29, 1.82) is 0 Å². The van der Waals surface area contributed by atoms with Crippen LogP contribution in [0.15, 0.2) is 22.7 Å². The Balaban J connectivity index is 2.37. The Morgan fingerprint density at radius 3 is 2.21 bits per heavy atom. The van der Waals surface area contributed by atoms with Crippen LogP contribution >= 0.6 is 15.9 Å². The van der Waals surface area contributed by atoms with E-state index in [1.54, 1.807) is 0 Å². The van der Waals surface area contributed by atoms with Gasteiger partial charge in [-0.25, -0.2) is 0 Å². The van der Waals surface area contributed by atoms with Gasteiger partial charge < -0.3 is 4.90 Å². The average molecular weight is 337 g/mol. The number of carbonyl (C=O) groups excluding carboxylic acids is 2. The van der Waals surface area contributed by atoms with E-state index < -0.39 is 23.6 Å². The number of nitrogens with one attached hydrogen (secondary N) is 1. The Hall–Kier alpha value is -1.57. The standard InChI is InChI=1S/C11H8BrF3N2O2/c12-7-1-6(11(13,14)15)2-8(3-7)17-4-9(18)16-10(19)5-17/h1-3H,4-5H2,(H,16,18,19). The van der Waals surface area contributed by atoms with E-state index in [2.05, 4.69) is 21.2 Å². The monoisotopic (exact) mass is 336 g/mol. The summed E-state index contributed by atoms with van der Waals surface area (Å²) in [5.41, 5.74) is -0.666. The van der Waals surface area contributed by atoms with Crippen molar-refractivity contribution in [3.8, 4) is 0 Å². The van der Waals surface area contributed by atoms with E-state index in [0.717, 1.165) is 12.1 Å². The molecule has 4 nitrogen and oxygen atoms in total. The molecule has 0 bridgehead atoms. The van der Waals surface area contributed by atoms with E-state index in [1.165, 1.54) is 11.0 Å². The van der Waals surface area contributed by atoms with Crippen LogP contribution in [0.1, 0.15) is 5.56 Å². The second-order valence-corrected chi connectivity index (χ2v) is 4.94. The molecule has 8 heteroatoms. The van der Waals surface area contributed by atoms with E-state index in [0.29, 0.717) is 0 Å². The molecule has 0 atom stereocenters. The molecule has 1 aliphatic rings. The first-order valence-corrected chi connectivity index (χ1v) is 6.00. The molecule has 0 radical (unpaired) electrons. The van der Waals surface area contributed by atoms with Gasteiger partial charge in [-0.1, -0.05) is 15.9 Å². The lowest BCUT2D eigenvalue weighted by atomic mass is 10.1. The normalized spacial score (nSPS) is 16.5. The van der Waals surface area contributed by atoms with Crippen molar-refractivity contribution in [2.24, 2.45) is 0 Å². The molecule has 0 aliphatic carbocycles. The van der Waals surface area contributed by atoms with Crippen LogP contribution in [0.3, 0.4) is 0 Å². The number of benzene rings is 1. The smallest absolute Gasteiger partial charge is 0.353 e. The molecule has 1 heterocycles. The molecule has 2 rings (SSSR count). The Morgan fingerprint density at radius 2 is 1.68 bits per heavy atom. The minimum Gasteiger partial charge on any atom is -0.353 e. The number of hydrogen-bond donors (Lipinski definition) is 1. The molecule has 1 aromatic rings. The lowest BCUT2D eigenvalue weighted by Crippen LogP contribution is -2.51. The van der Waals surface area contributed by atoms with Gasteiger partial charge in [-0.3, -0.25) is 14.9 Å². The summed E-state index contributed by atoms with van der Waals surface area (Å²) >= 11 is 2.99. The molecule has 1 saturated heterocycles. The topological polar surface area (TPSA) is 49.4 Å². The van der Waals surface area contributed by atoms with Gasteiger partial charge in [0.15, 0.2) is 0 Å². The number of anilines is 1. The van der Waals surface area contributed by atoms with Crippen molar-refractivity contribution in [3.63, 3.8) is 0 Å². The van der Waals surface area contributed by atoms with Gasteiger partial charge >= 0.3 is 6.18 Å². The summed E-state index contributed by atoms with van der Waals surface area (Å²) in [6.07, 6.45) is -4.49. The summed E-state index contributed by atoms with van der Waals surface area (Å²) in [7, 11) is 0. The molecular weight excluding hydrogens is 329 g/mol. The lowest BCUT2D eigenvalue weighted by molar-refractivity contribution is -0.137. The highest BCUT2D eigenvalue weighted by Crippen LogP contribution is 2.34. The first-order valence-electron chi connectivity index (χ1n) is 5.21. The van der Waals surface area contributed by atoms with Crippen molar-refractivity contribution in [1.82, 2.24) is 5.32 Å². The van der Waals surface area contributed by atoms with Crippen molar-refractivity contribution in [2.75, 3.05) is 18.0 Å². The lowest BCUT2D eigenvalue weighted by Gasteiger charge is -2.28. The summed E-state index contributed by atoms with van der Waals surface area (Å²) in [6.45, 7) is -0.307. The van der Waals surface area contributed by atoms with Crippen LogP contribution in [-0.4, -0.2) is 24.9 Å². The van der Waals surface area contributed by atoms with Crippen LogP contribution in [0.5, 0.6) is 0 Å². The maximum absolute atomic E-state index is 12.7. The number of imide groups is 1. The molecule has 0 unspecified atom stereocenters. The molecule has 1 aromatic carbocycles. The van der Waals surface area contributed by atoms with E-state index in [-0.39, 0.29) is 23.2 Å². The van der Waals surface area contributed by atoms with E-state index in [4.69, 9.17) is 0 Å². The van der Waals surface area contributed by atoms with Crippen molar-refractivity contribution in [3.05, 3.63) is 28.2 Å². The predicted octanol–water partition coefficient (Wildman–Crippen LogP) is 1.93. The van der Waals surface area contributed by atoms with Gasteiger partial charge in [0.2, 0.25) is 11.8 Å². The van der Waals surface area contributed by atoms with Crippen LogP contribution in [0.25, 0.3) is 0 Å². The zero-order valence-corrected chi connectivity index (χ0v) is 11.0. The summed E-state index contributed by atoms with van der Waals surface area (Å²) in [4.78, 5) is 23.7. The number of alkyl halides is 3. The highest BCUT2D eigenvalue weighted by atomic mass is 79.9. The summed E-state index contributed by atoms with van der Waals surface area (Å²) in [5, 5.41) is 2.08. The maximum Gasteiger partial charge on any atom is 0.416 e. The fourth-order valence-corrected chi connectivity index (χ4v) is 2.22. The number of piperazine rings is 1. The van der Waals surface area contributed by atoms with Crippen LogP contribution in [-0.2, 0) is 15.8 Å². The fourth-order valence-electron chi connectivity index (χ4n) is 1.74. The molecule has 0 spiro atoms. The second-order valence-electron chi connectivity index (χ2n) is 4.02. The second kappa shape index (κ2) is 4.84. The van der Waals surface area contributed by atoms with Crippen molar-refractivity contribution >= 4 is 33.4 Å². The van der Waals surface area contributed by atoms with Crippen molar-refractivity contribution < 1.29 is 22.8 Å². The minimum absolute atomic E-state index is 0.153. The molecule has 1 N–H and O–H groups in total. The van der Waals surface area contributed by atoms with Crippen LogP contribution in [0.4, 0.5) is 18.9 Å². The zero-order valence-electron chi connectivity index (χ0n) is 9.42. The molecule has 1 fully saturated rings. The molecule has 2 amide bonds. The van der Waals surface area contributed by atoms with Crippen LogP contribution < -0.4 is 10.2 Å². The Bertz CT molecular complexity index is 529. The first kappa shape index (κ1) is 13.9. The SMILES string of the molecule is O=C1CN(c2cc(Br)cc(C(F)(F)F)c2)CC(=O)N1. The Kier molecular flexibility index (Phi) is 3.53. The summed E-state index contributed by atoms with van der Waals surface area (Å²) < 4.78 is 38.3. The third-order valence-electron chi connectivity index (χ3n) is 2.52. The summed E-state index contributed by atoms with van der Waals surface area (Å²) in [6, 6.07) is 3.28. The summed E-state index contributed by atoms with van der Waals surface area (Å²) in [5.74, 6) is -1.07. The van der Waals surface area contributed by atoms with Gasteiger partial charge in [-0.15, -0.1) is 0 Å². The third-order valence-corrected chi connectivity index (χ3v) is 2.98. The molecule has 0 aromatic heterocycles. The number of amides is 2. The Labute approximate surface area is 114 Å². The molecule has 102 valence electrons. The van der Waals surface area contributed by atoms with Gasteiger partial charge in [-0.05, 0) is 18.2 Å². The van der Waals surface area contributed by atoms with Gasteiger partial charge in [-0.2, -0.15) is 13.2 Å². The number of halogens is 4. The highest BCUT2D eigenvalue weighted by molar-refractivity contribution is 9.10. The third kappa shape index (κ3) is 3.25. The maximum atomic E-state index is 12.7. The van der Waals surface area contributed by atoms with Gasteiger partial charge in [0.05, 0.1) is 18.7 Å². The predicted molar refractivity (Wildman–Crippen MR) is 64.5 cm³/mol. The van der Waals surface area contributed by atoms with Crippen LogP contribution in [0.2, 0.25) is 0 Å². The largest absolute Gasteiger partial charge is 0.416 e.